The number of hydrogen-bond acceptors (Lipinski definition) is 1. The second-order valence-electron chi connectivity index (χ2n) is 5.46. The lowest BCUT2D eigenvalue weighted by atomic mass is 9.86. The highest BCUT2D eigenvalue weighted by atomic mass is 19.1. The Morgan fingerprint density at radius 1 is 0.950 bits per heavy atom. The first-order chi connectivity index (χ1) is 9.69. The standard InChI is InChI=1S/C18H23FO/c1-3-7-13(8-4-2)18(20)16-11-12-17(19)15-10-6-5-9-14(15)16/h5-6,9-13,18,20H,3-4,7-8H2,1-2H3. The highest BCUT2D eigenvalue weighted by Crippen LogP contribution is 2.34. The lowest BCUT2D eigenvalue weighted by molar-refractivity contribution is 0.0977. The second kappa shape index (κ2) is 6.85. The molecular formula is C18H23FO. The van der Waals surface area contributed by atoms with Crippen LogP contribution in [0.3, 0.4) is 0 Å². The van der Waals surface area contributed by atoms with Crippen LogP contribution in [0.5, 0.6) is 0 Å². The van der Waals surface area contributed by atoms with E-state index >= 15 is 0 Å². The molecule has 1 unspecified atom stereocenters. The van der Waals surface area contributed by atoms with Gasteiger partial charge in [0.05, 0.1) is 6.10 Å². The van der Waals surface area contributed by atoms with Crippen molar-refractivity contribution in [3.63, 3.8) is 0 Å². The Balaban J connectivity index is 2.43. The zero-order valence-corrected chi connectivity index (χ0v) is 12.3. The Kier molecular flexibility index (Phi) is 5.13. The molecule has 0 radical (unpaired) electrons. The monoisotopic (exact) mass is 274 g/mol. The smallest absolute Gasteiger partial charge is 0.131 e. The molecule has 2 aromatic rings. The average Bonchev–Trinajstić information content (AvgIpc) is 2.47. The molecule has 0 aliphatic heterocycles. The Morgan fingerprint density at radius 3 is 2.15 bits per heavy atom. The molecule has 1 nitrogen and oxygen atoms in total. The van der Waals surface area contributed by atoms with Gasteiger partial charge in [0, 0.05) is 5.39 Å². The Hall–Kier alpha value is -1.41. The summed E-state index contributed by atoms with van der Waals surface area (Å²) in [5.74, 6) is 0.0259. The van der Waals surface area contributed by atoms with Gasteiger partial charge in [0.2, 0.25) is 0 Å². The first-order valence-corrected chi connectivity index (χ1v) is 7.54. The fraction of sp³-hybridized carbons (Fsp3) is 0.444. The first kappa shape index (κ1) is 15.0. The van der Waals surface area contributed by atoms with E-state index in [0.717, 1.165) is 36.6 Å². The van der Waals surface area contributed by atoms with Crippen molar-refractivity contribution in [3.05, 3.63) is 47.8 Å². The van der Waals surface area contributed by atoms with Gasteiger partial charge in [0.1, 0.15) is 5.82 Å². The highest BCUT2D eigenvalue weighted by Gasteiger charge is 2.21. The molecule has 108 valence electrons. The maximum Gasteiger partial charge on any atom is 0.131 e. The van der Waals surface area contributed by atoms with Crippen LogP contribution >= 0.6 is 0 Å². The molecule has 2 aromatic carbocycles. The Bertz CT molecular complexity index is 558. The van der Waals surface area contributed by atoms with Crippen LogP contribution in [0.25, 0.3) is 10.8 Å². The molecule has 2 heteroatoms. The molecular weight excluding hydrogens is 251 g/mol. The van der Waals surface area contributed by atoms with Crippen LogP contribution in [0, 0.1) is 11.7 Å². The van der Waals surface area contributed by atoms with Gasteiger partial charge in [-0.1, -0.05) is 57.0 Å². The third-order valence-corrected chi connectivity index (χ3v) is 3.99. The fourth-order valence-electron chi connectivity index (χ4n) is 3.00. The molecule has 20 heavy (non-hydrogen) atoms. The van der Waals surface area contributed by atoms with Gasteiger partial charge in [-0.2, -0.15) is 0 Å². The normalized spacial score (nSPS) is 13.1. The molecule has 0 saturated heterocycles. The molecule has 0 aliphatic rings. The van der Waals surface area contributed by atoms with Crippen LogP contribution in [-0.2, 0) is 0 Å². The average molecular weight is 274 g/mol. The van der Waals surface area contributed by atoms with Crippen molar-refractivity contribution in [1.82, 2.24) is 0 Å². The predicted octanol–water partition coefficient (Wildman–Crippen LogP) is 5.23. The topological polar surface area (TPSA) is 20.2 Å². The van der Waals surface area contributed by atoms with Crippen molar-refractivity contribution < 1.29 is 9.50 Å². The number of fused-ring (bicyclic) bond motifs is 1. The lowest BCUT2D eigenvalue weighted by Crippen LogP contribution is -2.13. The minimum atomic E-state index is -0.514. The van der Waals surface area contributed by atoms with E-state index in [2.05, 4.69) is 13.8 Å². The molecule has 0 spiro atoms. The summed E-state index contributed by atoms with van der Waals surface area (Å²) < 4.78 is 13.8. The molecule has 0 bridgehead atoms. The van der Waals surface area contributed by atoms with Crippen molar-refractivity contribution in [2.24, 2.45) is 5.92 Å². The molecule has 0 fully saturated rings. The van der Waals surface area contributed by atoms with Gasteiger partial charge < -0.3 is 5.11 Å². The minimum absolute atomic E-state index is 0.223. The number of hydrogen-bond donors (Lipinski definition) is 1. The van der Waals surface area contributed by atoms with Crippen LogP contribution in [0.2, 0.25) is 0 Å². The summed E-state index contributed by atoms with van der Waals surface area (Å²) in [4.78, 5) is 0. The second-order valence-corrected chi connectivity index (χ2v) is 5.46. The van der Waals surface area contributed by atoms with E-state index in [0.29, 0.717) is 5.39 Å². The van der Waals surface area contributed by atoms with Gasteiger partial charge in [0.25, 0.3) is 0 Å². The molecule has 0 saturated carbocycles. The van der Waals surface area contributed by atoms with E-state index in [1.165, 1.54) is 6.07 Å². The largest absolute Gasteiger partial charge is 0.388 e. The van der Waals surface area contributed by atoms with E-state index < -0.39 is 6.10 Å². The van der Waals surface area contributed by atoms with Crippen molar-refractivity contribution >= 4 is 10.8 Å². The van der Waals surface area contributed by atoms with Crippen molar-refractivity contribution in [2.45, 2.75) is 45.6 Å². The third-order valence-electron chi connectivity index (χ3n) is 3.99. The molecule has 1 N–H and O–H groups in total. The zero-order chi connectivity index (χ0) is 14.5. The molecule has 1 atom stereocenters. The van der Waals surface area contributed by atoms with Gasteiger partial charge in [-0.3, -0.25) is 0 Å². The van der Waals surface area contributed by atoms with Crippen molar-refractivity contribution in [2.75, 3.05) is 0 Å². The van der Waals surface area contributed by atoms with Gasteiger partial charge >= 0.3 is 0 Å². The van der Waals surface area contributed by atoms with Crippen LogP contribution in [0.4, 0.5) is 4.39 Å². The van der Waals surface area contributed by atoms with Crippen molar-refractivity contribution in [3.8, 4) is 0 Å². The summed E-state index contributed by atoms with van der Waals surface area (Å²) >= 11 is 0. The van der Waals surface area contributed by atoms with Crippen LogP contribution in [-0.4, -0.2) is 5.11 Å². The third kappa shape index (κ3) is 3.01. The van der Waals surface area contributed by atoms with E-state index in [-0.39, 0.29) is 11.7 Å². The lowest BCUT2D eigenvalue weighted by Gasteiger charge is -2.24. The van der Waals surface area contributed by atoms with E-state index in [9.17, 15) is 9.50 Å². The van der Waals surface area contributed by atoms with Gasteiger partial charge in [0.15, 0.2) is 0 Å². The molecule has 0 aliphatic carbocycles. The summed E-state index contributed by atoms with van der Waals surface area (Å²) in [6, 6.07) is 10.6. The first-order valence-electron chi connectivity index (χ1n) is 7.54. The zero-order valence-electron chi connectivity index (χ0n) is 12.3. The number of aliphatic hydroxyl groups excluding tert-OH is 1. The number of rotatable bonds is 6. The van der Waals surface area contributed by atoms with Gasteiger partial charge in [-0.05, 0) is 35.8 Å². The summed E-state index contributed by atoms with van der Waals surface area (Å²) in [6.45, 7) is 4.27. The van der Waals surface area contributed by atoms with E-state index in [4.69, 9.17) is 0 Å². The van der Waals surface area contributed by atoms with E-state index in [1.54, 1.807) is 12.1 Å². The number of halogens is 1. The quantitative estimate of drug-likeness (QED) is 0.764. The maximum atomic E-state index is 13.8. The van der Waals surface area contributed by atoms with Crippen LogP contribution < -0.4 is 0 Å². The van der Waals surface area contributed by atoms with Gasteiger partial charge in [-0.15, -0.1) is 0 Å². The molecule has 0 aromatic heterocycles. The maximum absolute atomic E-state index is 13.8. The summed E-state index contributed by atoms with van der Waals surface area (Å²) in [6.07, 6.45) is 3.60. The predicted molar refractivity (Wildman–Crippen MR) is 82.2 cm³/mol. The van der Waals surface area contributed by atoms with Crippen LogP contribution in [0.15, 0.2) is 36.4 Å². The molecule has 2 rings (SSSR count). The summed E-state index contributed by atoms with van der Waals surface area (Å²) in [5.41, 5.74) is 0.855. The Morgan fingerprint density at radius 2 is 1.55 bits per heavy atom. The molecule has 0 amide bonds. The Labute approximate surface area is 120 Å². The van der Waals surface area contributed by atoms with Gasteiger partial charge in [-0.25, -0.2) is 4.39 Å². The fourth-order valence-corrected chi connectivity index (χ4v) is 3.00. The number of aliphatic hydroxyl groups is 1. The van der Waals surface area contributed by atoms with Crippen molar-refractivity contribution in [1.29, 1.82) is 0 Å². The summed E-state index contributed by atoms with van der Waals surface area (Å²) in [7, 11) is 0. The highest BCUT2D eigenvalue weighted by molar-refractivity contribution is 5.86. The van der Waals surface area contributed by atoms with E-state index in [1.807, 2.05) is 18.2 Å². The van der Waals surface area contributed by atoms with Crippen LogP contribution in [0.1, 0.15) is 51.2 Å². The minimum Gasteiger partial charge on any atom is -0.388 e. The SMILES string of the molecule is CCCC(CCC)C(O)c1ccc(F)c2ccccc12. The number of benzene rings is 2. The molecule has 0 heterocycles. The summed E-state index contributed by atoms with van der Waals surface area (Å²) in [5, 5.41) is 12.1.